The van der Waals surface area contributed by atoms with Gasteiger partial charge < -0.3 is 0 Å². The topological polar surface area (TPSA) is 78.2 Å². The Hall–Kier alpha value is -3.26. The molecule has 2 amide bonds. The lowest BCUT2D eigenvalue weighted by molar-refractivity contribution is -0.117. The maximum atomic E-state index is 12.5. The summed E-state index contributed by atoms with van der Waals surface area (Å²) < 4.78 is 0. The number of benzene rings is 2. The highest BCUT2D eigenvalue weighted by atomic mass is 16.2. The van der Waals surface area contributed by atoms with Gasteiger partial charge in [-0.1, -0.05) is 24.3 Å². The van der Waals surface area contributed by atoms with Crippen molar-refractivity contribution in [2.45, 2.75) is 24.7 Å². The van der Waals surface area contributed by atoms with Crippen molar-refractivity contribution in [3.8, 4) is 6.07 Å². The lowest BCUT2D eigenvalue weighted by atomic mass is 9.80. The Bertz CT molecular complexity index is 921. The van der Waals surface area contributed by atoms with Crippen molar-refractivity contribution < 1.29 is 14.4 Å². The van der Waals surface area contributed by atoms with Crippen molar-refractivity contribution in [1.82, 2.24) is 0 Å². The van der Waals surface area contributed by atoms with Crippen molar-refractivity contribution in [2.24, 2.45) is 0 Å². The van der Waals surface area contributed by atoms with Gasteiger partial charge in [0, 0.05) is 12.8 Å². The summed E-state index contributed by atoms with van der Waals surface area (Å²) in [5.74, 6) is -0.607. The number of amides is 2. The highest BCUT2D eigenvalue weighted by Gasteiger charge is 2.41. The number of Topliss-reactive ketones (excluding diaryl/α,β-unsaturated/α-hetero) is 1. The maximum absolute atomic E-state index is 12.5. The van der Waals surface area contributed by atoms with Gasteiger partial charge in [-0.3, -0.25) is 14.4 Å². The van der Waals surface area contributed by atoms with Crippen LogP contribution in [0.5, 0.6) is 0 Å². The number of carbonyl (C=O) groups is 3. The molecule has 1 saturated carbocycles. The Labute approximate surface area is 144 Å². The van der Waals surface area contributed by atoms with E-state index < -0.39 is 5.41 Å². The monoisotopic (exact) mass is 330 g/mol. The van der Waals surface area contributed by atoms with E-state index >= 15 is 0 Å². The van der Waals surface area contributed by atoms with Crippen molar-refractivity contribution in [3.63, 3.8) is 0 Å². The second-order valence-corrected chi connectivity index (χ2v) is 6.45. The zero-order valence-corrected chi connectivity index (χ0v) is 13.4. The van der Waals surface area contributed by atoms with Crippen LogP contribution in [0.4, 0.5) is 5.69 Å². The van der Waals surface area contributed by atoms with Crippen LogP contribution in [0.15, 0.2) is 48.5 Å². The summed E-state index contributed by atoms with van der Waals surface area (Å²) >= 11 is 0. The number of rotatable bonds is 2. The molecule has 0 spiro atoms. The van der Waals surface area contributed by atoms with Crippen molar-refractivity contribution in [1.29, 1.82) is 5.26 Å². The fourth-order valence-electron chi connectivity index (χ4n) is 3.63. The van der Waals surface area contributed by atoms with Gasteiger partial charge in [0.15, 0.2) is 0 Å². The second kappa shape index (κ2) is 5.38. The van der Waals surface area contributed by atoms with Gasteiger partial charge in [-0.05, 0) is 36.2 Å². The number of hydrogen-bond acceptors (Lipinski definition) is 4. The number of nitriles is 1. The number of ketones is 1. The summed E-state index contributed by atoms with van der Waals surface area (Å²) in [6, 6.07) is 15.8. The van der Waals surface area contributed by atoms with Crippen LogP contribution in [0.25, 0.3) is 0 Å². The molecule has 1 atom stereocenters. The highest BCUT2D eigenvalue weighted by Crippen LogP contribution is 2.39. The molecule has 5 heteroatoms. The molecule has 0 saturated heterocycles. The molecule has 1 aliphatic heterocycles. The van der Waals surface area contributed by atoms with Gasteiger partial charge in [-0.2, -0.15) is 5.26 Å². The fraction of sp³-hybridized carbons (Fsp3) is 0.200. The summed E-state index contributed by atoms with van der Waals surface area (Å²) in [5, 5.41) is 9.55. The number of imide groups is 1. The van der Waals surface area contributed by atoms with Gasteiger partial charge in [0.25, 0.3) is 11.8 Å². The van der Waals surface area contributed by atoms with Crippen LogP contribution in [-0.2, 0) is 10.2 Å². The minimum atomic E-state index is -0.794. The molecule has 122 valence electrons. The normalized spacial score (nSPS) is 22.2. The largest absolute Gasteiger partial charge is 0.300 e. The lowest BCUT2D eigenvalue weighted by Gasteiger charge is -2.21. The molecule has 4 rings (SSSR count). The SMILES string of the molecule is N#CC1(c2ccc(N3C(=O)c4ccccc4C3=O)cc2)CCC(=O)C1. The van der Waals surface area contributed by atoms with Gasteiger partial charge in [0.05, 0.1) is 28.3 Å². The molecular formula is C20H14N2O3. The molecule has 1 heterocycles. The Morgan fingerprint density at radius 2 is 1.52 bits per heavy atom. The van der Waals surface area contributed by atoms with Crippen molar-refractivity contribution >= 4 is 23.3 Å². The zero-order chi connectivity index (χ0) is 17.6. The summed E-state index contributed by atoms with van der Waals surface area (Å²) in [4.78, 5) is 37.8. The van der Waals surface area contributed by atoms with Gasteiger partial charge in [-0.15, -0.1) is 0 Å². The minimum absolute atomic E-state index is 0.0889. The van der Waals surface area contributed by atoms with Gasteiger partial charge >= 0.3 is 0 Å². The maximum Gasteiger partial charge on any atom is 0.266 e. The minimum Gasteiger partial charge on any atom is -0.300 e. The first-order chi connectivity index (χ1) is 12.1. The molecule has 2 aliphatic rings. The van der Waals surface area contributed by atoms with E-state index in [9.17, 15) is 19.6 Å². The average molecular weight is 330 g/mol. The number of anilines is 1. The van der Waals surface area contributed by atoms with E-state index in [1.165, 1.54) is 0 Å². The second-order valence-electron chi connectivity index (χ2n) is 6.45. The summed E-state index contributed by atoms with van der Waals surface area (Å²) in [5.41, 5.74) is 1.21. The molecule has 5 nitrogen and oxygen atoms in total. The third kappa shape index (κ3) is 2.18. The van der Waals surface area contributed by atoms with E-state index in [1.807, 2.05) is 0 Å². The Kier molecular flexibility index (Phi) is 3.29. The molecule has 1 fully saturated rings. The first-order valence-corrected chi connectivity index (χ1v) is 8.07. The molecule has 0 bridgehead atoms. The van der Waals surface area contributed by atoms with Crippen LogP contribution in [-0.4, -0.2) is 17.6 Å². The van der Waals surface area contributed by atoms with E-state index in [0.717, 1.165) is 10.5 Å². The number of carbonyl (C=O) groups excluding carboxylic acids is 3. The predicted molar refractivity (Wildman–Crippen MR) is 90.2 cm³/mol. The summed E-state index contributed by atoms with van der Waals surface area (Å²) in [6.07, 6.45) is 1.14. The van der Waals surface area contributed by atoms with E-state index in [0.29, 0.717) is 29.7 Å². The van der Waals surface area contributed by atoms with E-state index in [1.54, 1.807) is 48.5 Å². The number of fused-ring (bicyclic) bond motifs is 1. The third-order valence-corrected chi connectivity index (χ3v) is 5.02. The quantitative estimate of drug-likeness (QED) is 0.793. The van der Waals surface area contributed by atoms with Crippen LogP contribution in [0.1, 0.15) is 45.5 Å². The third-order valence-electron chi connectivity index (χ3n) is 5.02. The van der Waals surface area contributed by atoms with Crippen LogP contribution >= 0.6 is 0 Å². The van der Waals surface area contributed by atoms with Crippen LogP contribution in [0.2, 0.25) is 0 Å². The van der Waals surface area contributed by atoms with Gasteiger partial charge in [-0.25, -0.2) is 4.90 Å². The van der Waals surface area contributed by atoms with Crippen molar-refractivity contribution in [3.05, 3.63) is 65.2 Å². The molecule has 0 radical (unpaired) electrons. The molecule has 25 heavy (non-hydrogen) atoms. The molecular weight excluding hydrogens is 316 g/mol. The Morgan fingerprint density at radius 3 is 2.00 bits per heavy atom. The van der Waals surface area contributed by atoms with Crippen LogP contribution in [0, 0.1) is 11.3 Å². The van der Waals surface area contributed by atoms with E-state index in [-0.39, 0.29) is 24.0 Å². The zero-order valence-electron chi connectivity index (χ0n) is 13.4. The average Bonchev–Trinajstić information content (AvgIpc) is 3.15. The van der Waals surface area contributed by atoms with E-state index in [2.05, 4.69) is 6.07 Å². The van der Waals surface area contributed by atoms with Crippen LogP contribution in [0.3, 0.4) is 0 Å². The highest BCUT2D eigenvalue weighted by molar-refractivity contribution is 6.34. The van der Waals surface area contributed by atoms with Crippen molar-refractivity contribution in [2.75, 3.05) is 4.90 Å². The van der Waals surface area contributed by atoms with Gasteiger partial charge in [0.2, 0.25) is 0 Å². The first kappa shape index (κ1) is 15.3. The Balaban J connectivity index is 1.68. The number of hydrogen-bond donors (Lipinski definition) is 0. The molecule has 0 aromatic heterocycles. The fourth-order valence-corrected chi connectivity index (χ4v) is 3.63. The standard InChI is InChI=1S/C20H14N2O3/c21-12-20(10-9-15(23)11-20)13-5-7-14(8-6-13)22-18(24)16-3-1-2-4-17(16)19(22)25/h1-8H,9-11H2. The number of nitrogens with zero attached hydrogens (tertiary/aromatic N) is 2. The lowest BCUT2D eigenvalue weighted by Crippen LogP contribution is -2.29. The smallest absolute Gasteiger partial charge is 0.266 e. The summed E-state index contributed by atoms with van der Waals surface area (Å²) in [6.45, 7) is 0. The molecule has 2 aromatic carbocycles. The molecule has 1 aliphatic carbocycles. The Morgan fingerprint density at radius 1 is 0.920 bits per heavy atom. The van der Waals surface area contributed by atoms with E-state index in [4.69, 9.17) is 0 Å². The van der Waals surface area contributed by atoms with Crippen LogP contribution < -0.4 is 4.90 Å². The van der Waals surface area contributed by atoms with Gasteiger partial charge in [0.1, 0.15) is 5.78 Å². The molecule has 1 unspecified atom stereocenters. The first-order valence-electron chi connectivity index (χ1n) is 8.07. The predicted octanol–water partition coefficient (Wildman–Crippen LogP) is 3.00. The molecule has 2 aromatic rings. The molecule has 0 N–H and O–H groups in total. The summed E-state index contributed by atoms with van der Waals surface area (Å²) in [7, 11) is 0.